The van der Waals surface area contributed by atoms with Crippen LogP contribution in [0.5, 0.6) is 0 Å². The molecule has 0 aliphatic heterocycles. The summed E-state index contributed by atoms with van der Waals surface area (Å²) in [5.74, 6) is 0.624. The van der Waals surface area contributed by atoms with Gasteiger partial charge in [0.15, 0.2) is 0 Å². The van der Waals surface area contributed by atoms with E-state index < -0.39 is 0 Å². The van der Waals surface area contributed by atoms with Crippen LogP contribution in [0.3, 0.4) is 0 Å². The molecule has 0 amide bonds. The van der Waals surface area contributed by atoms with Crippen LogP contribution >= 0.6 is 0 Å². The van der Waals surface area contributed by atoms with Crippen molar-refractivity contribution < 1.29 is 0 Å². The number of allylic oxidation sites excluding steroid dienone is 2. The lowest BCUT2D eigenvalue weighted by Gasteiger charge is -1.92. The average Bonchev–Trinajstić information content (AvgIpc) is 1.79. The predicted octanol–water partition coefficient (Wildman–Crippen LogP) is 2.68. The van der Waals surface area contributed by atoms with Crippen LogP contribution in [-0.2, 0) is 0 Å². The second-order valence-electron chi connectivity index (χ2n) is 3.02. The summed E-state index contributed by atoms with van der Waals surface area (Å²) >= 11 is 0. The normalized spacial score (nSPS) is 13.0. The van der Waals surface area contributed by atoms with E-state index in [9.17, 15) is 0 Å². The van der Waals surface area contributed by atoms with Crippen molar-refractivity contribution in [2.75, 3.05) is 0 Å². The summed E-state index contributed by atoms with van der Waals surface area (Å²) in [7, 11) is 0. The third-order valence-corrected chi connectivity index (χ3v) is 0.966. The van der Waals surface area contributed by atoms with Gasteiger partial charge in [0.05, 0.1) is 0 Å². The Kier molecular flexibility index (Phi) is 4.91. The molecule has 10 heavy (non-hydrogen) atoms. The van der Waals surface area contributed by atoms with E-state index in [2.05, 4.69) is 38.8 Å². The highest BCUT2D eigenvalue weighted by Gasteiger charge is 1.81. The van der Waals surface area contributed by atoms with Crippen molar-refractivity contribution in [2.45, 2.75) is 33.7 Å². The quantitative estimate of drug-likeness (QED) is 0.533. The summed E-state index contributed by atoms with van der Waals surface area (Å²) < 4.78 is 0. The van der Waals surface area contributed by atoms with Crippen LogP contribution in [0.1, 0.15) is 27.7 Å². The van der Waals surface area contributed by atoms with Gasteiger partial charge >= 0.3 is 0 Å². The third-order valence-electron chi connectivity index (χ3n) is 0.966. The van der Waals surface area contributed by atoms with Crippen molar-refractivity contribution >= 4 is 6.21 Å². The third kappa shape index (κ3) is 7.41. The molecule has 0 saturated heterocycles. The zero-order valence-corrected chi connectivity index (χ0v) is 7.33. The monoisotopic (exact) mass is 139 g/mol. The zero-order chi connectivity index (χ0) is 7.98. The Labute approximate surface area is 63.9 Å². The predicted molar refractivity (Wildman–Crippen MR) is 47.6 cm³/mol. The summed E-state index contributed by atoms with van der Waals surface area (Å²) in [5.41, 5.74) is 0. The maximum absolute atomic E-state index is 4.18. The van der Waals surface area contributed by atoms with Crippen molar-refractivity contribution in [1.82, 2.24) is 0 Å². The fourth-order valence-electron chi connectivity index (χ4n) is 0.494. The highest BCUT2D eigenvalue weighted by molar-refractivity contribution is 5.71. The van der Waals surface area contributed by atoms with Gasteiger partial charge in [-0.2, -0.15) is 0 Å². The number of nitrogens with zero attached hydrogens (tertiary/aromatic N) is 1. The van der Waals surface area contributed by atoms with Gasteiger partial charge in [-0.3, -0.25) is 4.99 Å². The first-order chi connectivity index (χ1) is 4.63. The number of hydrogen-bond donors (Lipinski definition) is 0. The molecule has 1 heteroatoms. The molecule has 0 fully saturated rings. The van der Waals surface area contributed by atoms with E-state index in [1.54, 1.807) is 0 Å². The molecular weight excluding hydrogens is 122 g/mol. The Morgan fingerprint density at radius 2 is 1.70 bits per heavy atom. The topological polar surface area (TPSA) is 12.4 Å². The SMILES string of the molecule is CC(C)/C=C/C=NC(C)C. The number of hydrogen-bond acceptors (Lipinski definition) is 1. The molecule has 0 unspecified atom stereocenters. The molecule has 0 radical (unpaired) electrons. The minimum absolute atomic E-state index is 0.414. The van der Waals surface area contributed by atoms with Gasteiger partial charge in [-0.05, 0) is 25.8 Å². The molecule has 0 saturated carbocycles. The van der Waals surface area contributed by atoms with Crippen molar-refractivity contribution in [2.24, 2.45) is 10.9 Å². The van der Waals surface area contributed by atoms with Crippen molar-refractivity contribution in [3.8, 4) is 0 Å². The van der Waals surface area contributed by atoms with Crippen LogP contribution in [0.2, 0.25) is 0 Å². The Hall–Kier alpha value is -0.590. The fraction of sp³-hybridized carbons (Fsp3) is 0.667. The number of aliphatic imine (C=N–C) groups is 1. The van der Waals surface area contributed by atoms with Gasteiger partial charge in [0.25, 0.3) is 0 Å². The largest absolute Gasteiger partial charge is 0.290 e. The van der Waals surface area contributed by atoms with Gasteiger partial charge in [0, 0.05) is 12.3 Å². The minimum Gasteiger partial charge on any atom is -0.290 e. The molecule has 0 aliphatic carbocycles. The van der Waals surface area contributed by atoms with Gasteiger partial charge in [-0.1, -0.05) is 19.9 Å². The molecular formula is C9H17N. The molecule has 0 N–H and O–H groups in total. The summed E-state index contributed by atoms with van der Waals surface area (Å²) in [4.78, 5) is 4.18. The highest BCUT2D eigenvalue weighted by atomic mass is 14.7. The Morgan fingerprint density at radius 3 is 2.10 bits per heavy atom. The molecule has 0 aromatic rings. The minimum atomic E-state index is 0.414. The summed E-state index contributed by atoms with van der Waals surface area (Å²) in [6.07, 6.45) is 6.00. The van der Waals surface area contributed by atoms with E-state index in [1.165, 1.54) is 0 Å². The van der Waals surface area contributed by atoms with E-state index in [0.29, 0.717) is 12.0 Å². The molecule has 0 aromatic heterocycles. The fourth-order valence-corrected chi connectivity index (χ4v) is 0.494. The van der Waals surface area contributed by atoms with Gasteiger partial charge in [-0.25, -0.2) is 0 Å². The second-order valence-corrected chi connectivity index (χ2v) is 3.02. The van der Waals surface area contributed by atoms with Crippen LogP contribution in [0.4, 0.5) is 0 Å². The van der Waals surface area contributed by atoms with Crippen molar-refractivity contribution in [3.05, 3.63) is 12.2 Å². The molecule has 58 valence electrons. The zero-order valence-electron chi connectivity index (χ0n) is 7.33. The Bertz CT molecular complexity index is 105. The van der Waals surface area contributed by atoms with E-state index in [-0.39, 0.29) is 0 Å². The molecule has 0 atom stereocenters. The number of rotatable bonds is 3. The van der Waals surface area contributed by atoms with Gasteiger partial charge < -0.3 is 0 Å². The van der Waals surface area contributed by atoms with Crippen molar-refractivity contribution in [1.29, 1.82) is 0 Å². The molecule has 0 bridgehead atoms. The van der Waals surface area contributed by atoms with Gasteiger partial charge in [0.1, 0.15) is 0 Å². The second kappa shape index (κ2) is 5.21. The molecule has 0 aliphatic rings. The van der Waals surface area contributed by atoms with E-state index in [1.807, 2.05) is 12.3 Å². The molecule has 0 aromatic carbocycles. The standard InChI is InChI=1S/C9H17N/c1-8(2)6-5-7-10-9(3)4/h5-9H,1-4H3/b6-5+,10-7?. The summed E-state index contributed by atoms with van der Waals surface area (Å²) in [6.45, 7) is 8.44. The van der Waals surface area contributed by atoms with E-state index >= 15 is 0 Å². The smallest absolute Gasteiger partial charge is 0.0443 e. The lowest BCUT2D eigenvalue weighted by molar-refractivity contribution is 0.829. The van der Waals surface area contributed by atoms with Crippen molar-refractivity contribution in [3.63, 3.8) is 0 Å². The van der Waals surface area contributed by atoms with Crippen LogP contribution in [0.15, 0.2) is 17.1 Å². The van der Waals surface area contributed by atoms with E-state index in [0.717, 1.165) is 0 Å². The Balaban J connectivity index is 3.52. The lowest BCUT2D eigenvalue weighted by atomic mass is 10.2. The van der Waals surface area contributed by atoms with Crippen LogP contribution < -0.4 is 0 Å². The maximum Gasteiger partial charge on any atom is 0.0443 e. The van der Waals surface area contributed by atoms with Gasteiger partial charge in [0.2, 0.25) is 0 Å². The lowest BCUT2D eigenvalue weighted by Crippen LogP contribution is -1.87. The molecule has 1 nitrogen and oxygen atoms in total. The Morgan fingerprint density at radius 1 is 1.10 bits per heavy atom. The molecule has 0 heterocycles. The molecule has 0 rings (SSSR count). The van der Waals surface area contributed by atoms with Gasteiger partial charge in [-0.15, -0.1) is 0 Å². The van der Waals surface area contributed by atoms with E-state index in [4.69, 9.17) is 0 Å². The highest BCUT2D eigenvalue weighted by Crippen LogP contribution is 1.91. The first kappa shape index (κ1) is 9.41. The first-order valence-corrected chi connectivity index (χ1v) is 3.83. The maximum atomic E-state index is 4.18. The van der Waals surface area contributed by atoms with Crippen LogP contribution in [0.25, 0.3) is 0 Å². The van der Waals surface area contributed by atoms with Crippen LogP contribution in [-0.4, -0.2) is 12.3 Å². The summed E-state index contributed by atoms with van der Waals surface area (Å²) in [5, 5.41) is 0. The average molecular weight is 139 g/mol. The molecule has 0 spiro atoms. The first-order valence-electron chi connectivity index (χ1n) is 3.83. The van der Waals surface area contributed by atoms with Crippen LogP contribution in [0, 0.1) is 5.92 Å². The summed E-state index contributed by atoms with van der Waals surface area (Å²) in [6, 6.07) is 0.414.